The van der Waals surface area contributed by atoms with E-state index in [2.05, 4.69) is 15.2 Å². The fourth-order valence-corrected chi connectivity index (χ4v) is 1.15. The molecule has 0 spiro atoms. The topological polar surface area (TPSA) is 64.7 Å². The highest BCUT2D eigenvalue weighted by atomic mass is 15.1. The lowest BCUT2D eigenvalue weighted by Crippen LogP contribution is -2.07. The van der Waals surface area contributed by atoms with Crippen molar-refractivity contribution >= 4 is 11.0 Å². The number of fused-ring (bicyclic) bond motifs is 1. The minimum Gasteiger partial charge on any atom is -0.330 e. The zero-order chi connectivity index (χ0) is 9.10. The molecule has 0 unspecified atom stereocenters. The summed E-state index contributed by atoms with van der Waals surface area (Å²) in [5.41, 5.74) is 7.10. The van der Waals surface area contributed by atoms with Crippen molar-refractivity contribution in [3.8, 4) is 0 Å². The maximum Gasteiger partial charge on any atom is 0.152 e. The summed E-state index contributed by atoms with van der Waals surface area (Å²) in [4.78, 5) is 4.31. The van der Waals surface area contributed by atoms with Crippen LogP contribution >= 0.6 is 0 Å². The summed E-state index contributed by atoms with van der Waals surface area (Å²) in [5.74, 6) is 0.709. The first-order chi connectivity index (χ1) is 6.40. The largest absolute Gasteiger partial charge is 0.330 e. The van der Waals surface area contributed by atoms with Crippen molar-refractivity contribution in [2.75, 3.05) is 6.54 Å². The minimum absolute atomic E-state index is 0.556. The summed E-state index contributed by atoms with van der Waals surface area (Å²) in [7, 11) is 0. The van der Waals surface area contributed by atoms with Crippen LogP contribution in [0.3, 0.4) is 0 Å². The third-order valence-corrected chi connectivity index (χ3v) is 1.77. The summed E-state index contributed by atoms with van der Waals surface area (Å²) in [6.45, 7) is 0.556. The summed E-state index contributed by atoms with van der Waals surface area (Å²) >= 11 is 0. The predicted octanol–water partition coefficient (Wildman–Crippen LogP) is 0.526. The van der Waals surface area contributed by atoms with E-state index in [9.17, 15) is 0 Å². The SMILES string of the molecule is NCCc1nnc2ccccc2n1. The van der Waals surface area contributed by atoms with E-state index in [0.717, 1.165) is 11.0 Å². The summed E-state index contributed by atoms with van der Waals surface area (Å²) in [6, 6.07) is 7.66. The smallest absolute Gasteiger partial charge is 0.152 e. The third-order valence-electron chi connectivity index (χ3n) is 1.77. The zero-order valence-corrected chi connectivity index (χ0v) is 7.14. The first-order valence-corrected chi connectivity index (χ1v) is 4.18. The number of nitrogens with zero attached hydrogens (tertiary/aromatic N) is 3. The number of nitrogens with two attached hydrogens (primary N) is 1. The summed E-state index contributed by atoms with van der Waals surface area (Å²) in [6.07, 6.45) is 0.678. The first-order valence-electron chi connectivity index (χ1n) is 4.18. The van der Waals surface area contributed by atoms with Gasteiger partial charge in [0.25, 0.3) is 0 Å². The predicted molar refractivity (Wildman–Crippen MR) is 50.1 cm³/mol. The highest BCUT2D eigenvalue weighted by Crippen LogP contribution is 2.06. The third kappa shape index (κ3) is 1.62. The van der Waals surface area contributed by atoms with E-state index >= 15 is 0 Å². The first kappa shape index (κ1) is 8.07. The van der Waals surface area contributed by atoms with E-state index in [1.54, 1.807) is 0 Å². The molecule has 2 N–H and O–H groups in total. The molecule has 0 saturated carbocycles. The number of hydrogen-bond donors (Lipinski definition) is 1. The number of hydrogen-bond acceptors (Lipinski definition) is 4. The van der Waals surface area contributed by atoms with Crippen molar-refractivity contribution in [3.63, 3.8) is 0 Å². The van der Waals surface area contributed by atoms with Crippen molar-refractivity contribution < 1.29 is 0 Å². The average Bonchev–Trinajstić information content (AvgIpc) is 2.18. The van der Waals surface area contributed by atoms with E-state index in [1.165, 1.54) is 0 Å². The lowest BCUT2D eigenvalue weighted by Gasteiger charge is -1.97. The number of aromatic nitrogens is 3. The fourth-order valence-electron chi connectivity index (χ4n) is 1.15. The van der Waals surface area contributed by atoms with Crippen LogP contribution in [0, 0.1) is 0 Å². The average molecular weight is 174 g/mol. The van der Waals surface area contributed by atoms with Gasteiger partial charge in [-0.05, 0) is 18.7 Å². The van der Waals surface area contributed by atoms with Crippen LogP contribution in [0.5, 0.6) is 0 Å². The maximum absolute atomic E-state index is 5.40. The molecule has 0 bridgehead atoms. The van der Waals surface area contributed by atoms with Gasteiger partial charge < -0.3 is 5.73 Å². The zero-order valence-electron chi connectivity index (χ0n) is 7.14. The molecule has 0 aliphatic rings. The minimum atomic E-state index is 0.556. The standard InChI is InChI=1S/C9H10N4/c10-6-5-9-11-7-3-1-2-4-8(7)12-13-9/h1-4H,5-6,10H2. The molecule has 2 aromatic rings. The van der Waals surface area contributed by atoms with Crippen LogP contribution in [0.1, 0.15) is 5.82 Å². The van der Waals surface area contributed by atoms with Crippen LogP contribution in [0.4, 0.5) is 0 Å². The number of para-hydroxylation sites is 1. The molecule has 2 rings (SSSR count). The van der Waals surface area contributed by atoms with Crippen LogP contribution in [-0.2, 0) is 6.42 Å². The summed E-state index contributed by atoms with van der Waals surface area (Å²) in [5, 5.41) is 7.99. The molecule has 0 aliphatic heterocycles. The van der Waals surface area contributed by atoms with Gasteiger partial charge in [-0.15, -0.1) is 10.2 Å². The number of benzene rings is 1. The van der Waals surface area contributed by atoms with E-state index in [4.69, 9.17) is 5.73 Å². The molecule has 1 aromatic heterocycles. The molecule has 4 heteroatoms. The molecule has 1 aromatic carbocycles. The van der Waals surface area contributed by atoms with Crippen molar-refractivity contribution in [3.05, 3.63) is 30.1 Å². The van der Waals surface area contributed by atoms with Gasteiger partial charge in [-0.25, -0.2) is 4.98 Å². The highest BCUT2D eigenvalue weighted by Gasteiger charge is 1.98. The van der Waals surface area contributed by atoms with Gasteiger partial charge in [0, 0.05) is 6.42 Å². The summed E-state index contributed by atoms with van der Waals surface area (Å²) < 4.78 is 0. The van der Waals surface area contributed by atoms with E-state index in [1.807, 2.05) is 24.3 Å². The Morgan fingerprint density at radius 2 is 1.85 bits per heavy atom. The second kappa shape index (κ2) is 3.45. The monoisotopic (exact) mass is 174 g/mol. The maximum atomic E-state index is 5.40. The Balaban J connectivity index is 2.49. The van der Waals surface area contributed by atoms with Crippen LogP contribution in [0.25, 0.3) is 11.0 Å². The van der Waals surface area contributed by atoms with Gasteiger partial charge in [0.15, 0.2) is 5.82 Å². The molecule has 0 fully saturated rings. The van der Waals surface area contributed by atoms with Crippen molar-refractivity contribution in [2.45, 2.75) is 6.42 Å². The van der Waals surface area contributed by atoms with Crippen LogP contribution in [-0.4, -0.2) is 21.7 Å². The fraction of sp³-hybridized carbons (Fsp3) is 0.222. The molecule has 4 nitrogen and oxygen atoms in total. The lowest BCUT2D eigenvalue weighted by molar-refractivity contribution is 0.832. The van der Waals surface area contributed by atoms with Crippen molar-refractivity contribution in [2.24, 2.45) is 5.73 Å². The Bertz CT molecular complexity index is 413. The van der Waals surface area contributed by atoms with E-state index in [0.29, 0.717) is 18.8 Å². The van der Waals surface area contributed by atoms with Gasteiger partial charge in [0.05, 0.1) is 5.52 Å². The molecule has 0 atom stereocenters. The molecule has 0 radical (unpaired) electrons. The van der Waals surface area contributed by atoms with Gasteiger partial charge in [-0.2, -0.15) is 0 Å². The number of rotatable bonds is 2. The van der Waals surface area contributed by atoms with Crippen molar-refractivity contribution in [1.82, 2.24) is 15.2 Å². The Labute approximate surface area is 75.8 Å². The van der Waals surface area contributed by atoms with Crippen molar-refractivity contribution in [1.29, 1.82) is 0 Å². The van der Waals surface area contributed by atoms with E-state index in [-0.39, 0.29) is 0 Å². The lowest BCUT2D eigenvalue weighted by atomic mass is 10.3. The van der Waals surface area contributed by atoms with Crippen LogP contribution in [0.2, 0.25) is 0 Å². The molecule has 13 heavy (non-hydrogen) atoms. The molecular weight excluding hydrogens is 164 g/mol. The second-order valence-electron chi connectivity index (χ2n) is 2.76. The van der Waals surface area contributed by atoms with Gasteiger partial charge in [-0.1, -0.05) is 12.1 Å². The molecule has 0 saturated heterocycles. The Kier molecular flexibility index (Phi) is 2.14. The molecule has 0 amide bonds. The second-order valence-corrected chi connectivity index (χ2v) is 2.76. The molecule has 1 heterocycles. The normalized spacial score (nSPS) is 10.5. The molecule has 66 valence electrons. The molecule has 0 aliphatic carbocycles. The van der Waals surface area contributed by atoms with Gasteiger partial charge in [0.1, 0.15) is 5.52 Å². The van der Waals surface area contributed by atoms with Crippen LogP contribution < -0.4 is 5.73 Å². The van der Waals surface area contributed by atoms with Gasteiger partial charge in [-0.3, -0.25) is 0 Å². The Morgan fingerprint density at radius 1 is 1.08 bits per heavy atom. The Morgan fingerprint density at radius 3 is 2.62 bits per heavy atom. The van der Waals surface area contributed by atoms with Gasteiger partial charge >= 0.3 is 0 Å². The van der Waals surface area contributed by atoms with Gasteiger partial charge in [0.2, 0.25) is 0 Å². The Hall–Kier alpha value is -1.55. The molecular formula is C9H10N4. The quantitative estimate of drug-likeness (QED) is 0.721. The van der Waals surface area contributed by atoms with Crippen LogP contribution in [0.15, 0.2) is 24.3 Å². The van der Waals surface area contributed by atoms with E-state index < -0.39 is 0 Å². The highest BCUT2D eigenvalue weighted by molar-refractivity contribution is 5.72.